The van der Waals surface area contributed by atoms with Crippen LogP contribution in [0.2, 0.25) is 0 Å². The topological polar surface area (TPSA) is 89.2 Å². The molecule has 1 saturated heterocycles. The second kappa shape index (κ2) is 10.5. The van der Waals surface area contributed by atoms with Crippen molar-refractivity contribution in [2.24, 2.45) is 0 Å². The summed E-state index contributed by atoms with van der Waals surface area (Å²) < 4.78 is 16.7. The highest BCUT2D eigenvalue weighted by atomic mass is 16.5. The van der Waals surface area contributed by atoms with Crippen molar-refractivity contribution in [1.82, 2.24) is 4.90 Å². The average molecular weight is 476 g/mol. The number of benzene rings is 2. The number of aryl methyl sites for hydroxylation is 1. The molecule has 0 radical (unpaired) electrons. The molecule has 3 aromatic rings. The molecule has 0 aliphatic carbocycles. The van der Waals surface area contributed by atoms with E-state index in [1.807, 2.05) is 20.8 Å². The first-order chi connectivity index (χ1) is 16.9. The van der Waals surface area contributed by atoms with Crippen molar-refractivity contribution < 1.29 is 28.6 Å². The van der Waals surface area contributed by atoms with E-state index in [2.05, 4.69) is 0 Å². The number of aliphatic hydroxyl groups is 1. The lowest BCUT2D eigenvalue weighted by molar-refractivity contribution is -0.140. The van der Waals surface area contributed by atoms with Gasteiger partial charge in [0.2, 0.25) is 0 Å². The number of hydrogen-bond donors (Lipinski definition) is 1. The van der Waals surface area contributed by atoms with Crippen LogP contribution in [0.1, 0.15) is 48.8 Å². The number of ether oxygens (including phenoxy) is 2. The molecule has 1 fully saturated rings. The van der Waals surface area contributed by atoms with Crippen LogP contribution in [0, 0.1) is 6.92 Å². The van der Waals surface area contributed by atoms with Gasteiger partial charge >= 0.3 is 0 Å². The molecule has 1 aliphatic rings. The second-order valence-electron chi connectivity index (χ2n) is 8.34. The number of hydrogen-bond acceptors (Lipinski definition) is 6. The number of carbonyl (C=O) groups excluding carboxylic acids is 2. The first-order valence-electron chi connectivity index (χ1n) is 11.7. The molecule has 1 aliphatic heterocycles. The zero-order chi connectivity index (χ0) is 24.9. The van der Waals surface area contributed by atoms with Crippen molar-refractivity contribution in [2.45, 2.75) is 39.8 Å². The number of nitrogens with zero attached hydrogens (tertiary/aromatic N) is 1. The molecule has 1 aromatic heterocycles. The van der Waals surface area contributed by atoms with Crippen molar-refractivity contribution in [2.75, 3.05) is 13.2 Å². The Morgan fingerprint density at radius 2 is 1.83 bits per heavy atom. The minimum absolute atomic E-state index is 0.0346. The fourth-order valence-electron chi connectivity index (χ4n) is 4.20. The van der Waals surface area contributed by atoms with Crippen molar-refractivity contribution in [3.05, 3.63) is 88.9 Å². The van der Waals surface area contributed by atoms with E-state index in [1.54, 1.807) is 54.6 Å². The van der Waals surface area contributed by atoms with Gasteiger partial charge in [-0.15, -0.1) is 0 Å². The quantitative estimate of drug-likeness (QED) is 0.253. The van der Waals surface area contributed by atoms with E-state index in [-0.39, 0.29) is 17.9 Å². The molecule has 35 heavy (non-hydrogen) atoms. The lowest BCUT2D eigenvalue weighted by Gasteiger charge is -2.24. The van der Waals surface area contributed by atoms with E-state index in [1.165, 1.54) is 11.2 Å². The number of rotatable bonds is 9. The van der Waals surface area contributed by atoms with Gasteiger partial charge in [-0.3, -0.25) is 9.59 Å². The van der Waals surface area contributed by atoms with Crippen LogP contribution in [0.25, 0.3) is 5.76 Å². The maximum absolute atomic E-state index is 13.2. The maximum atomic E-state index is 13.2. The molecule has 1 N–H and O–H groups in total. The summed E-state index contributed by atoms with van der Waals surface area (Å²) in [5, 5.41) is 11.3. The molecule has 2 heterocycles. The van der Waals surface area contributed by atoms with Gasteiger partial charge in [0.1, 0.15) is 23.0 Å². The lowest BCUT2D eigenvalue weighted by atomic mass is 9.94. The summed E-state index contributed by atoms with van der Waals surface area (Å²) in [6.07, 6.45) is 2.39. The van der Waals surface area contributed by atoms with E-state index in [0.29, 0.717) is 41.6 Å². The molecule has 0 saturated carbocycles. The van der Waals surface area contributed by atoms with Crippen LogP contribution >= 0.6 is 0 Å². The molecule has 1 unspecified atom stereocenters. The van der Waals surface area contributed by atoms with E-state index < -0.39 is 17.7 Å². The minimum atomic E-state index is -0.785. The maximum Gasteiger partial charge on any atom is 0.296 e. The third-order valence-electron chi connectivity index (χ3n) is 5.86. The number of Topliss-reactive ketones (excluding diaryl/α,β-unsaturated/α-hetero) is 1. The zero-order valence-electron chi connectivity index (χ0n) is 20.1. The molecule has 7 heteroatoms. The van der Waals surface area contributed by atoms with Gasteiger partial charge in [-0.2, -0.15) is 0 Å². The predicted molar refractivity (Wildman–Crippen MR) is 131 cm³/mol. The van der Waals surface area contributed by atoms with Crippen LogP contribution in [0.3, 0.4) is 0 Å². The van der Waals surface area contributed by atoms with Crippen LogP contribution in [0.15, 0.2) is 70.9 Å². The molecule has 4 rings (SSSR count). The first-order valence-corrected chi connectivity index (χ1v) is 11.7. The number of carbonyl (C=O) groups is 2. The van der Waals surface area contributed by atoms with Crippen LogP contribution in [0.5, 0.6) is 11.5 Å². The van der Waals surface area contributed by atoms with Gasteiger partial charge in [0.05, 0.1) is 37.6 Å². The van der Waals surface area contributed by atoms with Crippen LogP contribution in [-0.2, 0) is 16.1 Å². The largest absolute Gasteiger partial charge is 0.507 e. The summed E-state index contributed by atoms with van der Waals surface area (Å²) in [6.45, 7) is 7.00. The van der Waals surface area contributed by atoms with Crippen molar-refractivity contribution in [1.29, 1.82) is 0 Å². The number of amides is 1. The van der Waals surface area contributed by atoms with Gasteiger partial charge in [0.25, 0.3) is 11.7 Å². The van der Waals surface area contributed by atoms with Gasteiger partial charge in [-0.25, -0.2) is 0 Å². The minimum Gasteiger partial charge on any atom is -0.507 e. The highest BCUT2D eigenvalue weighted by Crippen LogP contribution is 2.41. The van der Waals surface area contributed by atoms with Crippen LogP contribution in [-0.4, -0.2) is 34.9 Å². The van der Waals surface area contributed by atoms with Crippen LogP contribution < -0.4 is 9.47 Å². The molecule has 7 nitrogen and oxygen atoms in total. The molecular formula is C28H29NO6. The zero-order valence-corrected chi connectivity index (χ0v) is 20.1. The monoisotopic (exact) mass is 475 g/mol. The summed E-state index contributed by atoms with van der Waals surface area (Å²) >= 11 is 0. The molecule has 1 amide bonds. The van der Waals surface area contributed by atoms with Crippen LogP contribution in [0.4, 0.5) is 0 Å². The van der Waals surface area contributed by atoms with Gasteiger partial charge in [-0.05, 0) is 73.9 Å². The summed E-state index contributed by atoms with van der Waals surface area (Å²) in [5.74, 6) is 0.269. The summed E-state index contributed by atoms with van der Waals surface area (Å²) in [6, 6.07) is 15.1. The average Bonchev–Trinajstić information content (AvgIpc) is 3.46. The summed E-state index contributed by atoms with van der Waals surface area (Å²) in [7, 11) is 0. The number of ketones is 1. The Balaban J connectivity index is 1.79. The molecule has 1 atom stereocenters. The Morgan fingerprint density at radius 3 is 2.46 bits per heavy atom. The smallest absolute Gasteiger partial charge is 0.296 e. The molecule has 0 spiro atoms. The van der Waals surface area contributed by atoms with Gasteiger partial charge in [0, 0.05) is 5.56 Å². The number of furan rings is 1. The number of likely N-dealkylation sites (tertiary alicyclic amines) is 1. The Morgan fingerprint density at radius 1 is 1.06 bits per heavy atom. The standard InChI is InChI=1S/C28H29NO6/c1-4-14-35-23-13-10-20(16-18(23)3)26(30)24-25(19-8-11-21(12-9-19)33-5-2)29(28(32)27(24)31)17-22-7-6-15-34-22/h6-13,15-16,25,30H,4-5,14,17H2,1-3H3/b26-24-. The normalized spacial score (nSPS) is 17.1. The van der Waals surface area contributed by atoms with E-state index in [4.69, 9.17) is 13.9 Å². The molecule has 0 bridgehead atoms. The second-order valence-corrected chi connectivity index (χ2v) is 8.34. The summed E-state index contributed by atoms with van der Waals surface area (Å²) in [5.41, 5.74) is 1.98. The van der Waals surface area contributed by atoms with Gasteiger partial charge < -0.3 is 23.9 Å². The van der Waals surface area contributed by atoms with Crippen molar-refractivity contribution >= 4 is 17.4 Å². The van der Waals surface area contributed by atoms with Gasteiger partial charge in [-0.1, -0.05) is 19.1 Å². The van der Waals surface area contributed by atoms with E-state index in [0.717, 1.165) is 12.0 Å². The molecule has 2 aromatic carbocycles. The Bertz CT molecular complexity index is 1230. The fourth-order valence-corrected chi connectivity index (χ4v) is 4.20. The van der Waals surface area contributed by atoms with Crippen molar-refractivity contribution in [3.63, 3.8) is 0 Å². The summed E-state index contributed by atoms with van der Waals surface area (Å²) in [4.78, 5) is 27.8. The van der Waals surface area contributed by atoms with E-state index in [9.17, 15) is 14.7 Å². The van der Waals surface area contributed by atoms with Gasteiger partial charge in [0.15, 0.2) is 0 Å². The molecular weight excluding hydrogens is 446 g/mol. The SMILES string of the molecule is CCCOc1ccc(/C(O)=C2/C(=O)C(=O)N(Cc3ccco3)C2c2ccc(OCC)cc2)cc1C. The Labute approximate surface area is 204 Å². The van der Waals surface area contributed by atoms with Crippen molar-refractivity contribution in [3.8, 4) is 11.5 Å². The molecule has 182 valence electrons. The number of aliphatic hydroxyl groups excluding tert-OH is 1. The third-order valence-corrected chi connectivity index (χ3v) is 5.86. The lowest BCUT2D eigenvalue weighted by Crippen LogP contribution is -2.29. The van der Waals surface area contributed by atoms with E-state index >= 15 is 0 Å². The Kier molecular flexibility index (Phi) is 7.25. The Hall–Kier alpha value is -4.00. The third kappa shape index (κ3) is 4.94. The highest BCUT2D eigenvalue weighted by Gasteiger charge is 2.46. The predicted octanol–water partition coefficient (Wildman–Crippen LogP) is 5.40. The highest BCUT2D eigenvalue weighted by molar-refractivity contribution is 6.46. The first kappa shape index (κ1) is 24.1. The fraction of sp³-hybridized carbons (Fsp3) is 0.286.